The maximum absolute atomic E-state index is 11.9. The lowest BCUT2D eigenvalue weighted by Gasteiger charge is -2.08. The van der Waals surface area contributed by atoms with Gasteiger partial charge < -0.3 is 14.8 Å². The van der Waals surface area contributed by atoms with Gasteiger partial charge in [0.25, 0.3) is 5.91 Å². The van der Waals surface area contributed by atoms with Crippen LogP contribution in [0, 0.1) is 0 Å². The topological polar surface area (TPSA) is 59.9 Å². The molecule has 3 aromatic rings. The van der Waals surface area contributed by atoms with Crippen molar-refractivity contribution in [3.05, 3.63) is 90.0 Å². The van der Waals surface area contributed by atoms with Gasteiger partial charge in [-0.1, -0.05) is 30.3 Å². The molecule has 0 aliphatic rings. The number of carbonyl (C=O) groups excluding carboxylic acids is 1. The molecule has 3 aromatic carbocycles. The van der Waals surface area contributed by atoms with Crippen LogP contribution in [-0.2, 0) is 11.2 Å². The average molecular weight is 388 g/mol. The number of amides is 1. The second-order valence-electron chi connectivity index (χ2n) is 6.40. The second kappa shape index (κ2) is 10.7. The van der Waals surface area contributed by atoms with Crippen LogP contribution in [0.4, 0.5) is 5.69 Å². The van der Waals surface area contributed by atoms with Crippen molar-refractivity contribution in [2.24, 2.45) is 4.99 Å². The molecule has 1 N–H and O–H groups in total. The van der Waals surface area contributed by atoms with Crippen LogP contribution < -0.4 is 14.8 Å². The van der Waals surface area contributed by atoms with Crippen molar-refractivity contribution in [2.45, 2.75) is 6.42 Å². The molecule has 0 radical (unpaired) electrons. The zero-order valence-corrected chi connectivity index (χ0v) is 16.4. The van der Waals surface area contributed by atoms with Gasteiger partial charge in [0.1, 0.15) is 11.5 Å². The zero-order chi connectivity index (χ0) is 20.3. The van der Waals surface area contributed by atoms with E-state index in [-0.39, 0.29) is 12.5 Å². The Hall–Kier alpha value is -3.60. The Morgan fingerprint density at radius 3 is 2.31 bits per heavy atom. The third-order valence-corrected chi connectivity index (χ3v) is 4.26. The smallest absolute Gasteiger partial charge is 0.257 e. The van der Waals surface area contributed by atoms with Crippen LogP contribution in [0.1, 0.15) is 11.1 Å². The van der Waals surface area contributed by atoms with Crippen LogP contribution in [-0.4, -0.2) is 32.4 Å². The summed E-state index contributed by atoms with van der Waals surface area (Å²) >= 11 is 0. The van der Waals surface area contributed by atoms with E-state index in [0.29, 0.717) is 12.3 Å². The number of methoxy groups -OCH3 is 1. The van der Waals surface area contributed by atoms with Gasteiger partial charge in [0.15, 0.2) is 6.61 Å². The molecule has 5 nitrogen and oxygen atoms in total. The molecule has 0 fully saturated rings. The number of carbonyl (C=O) groups is 1. The molecule has 5 heteroatoms. The Balaban J connectivity index is 1.41. The highest BCUT2D eigenvalue weighted by atomic mass is 16.5. The Morgan fingerprint density at radius 2 is 1.62 bits per heavy atom. The van der Waals surface area contributed by atoms with Crippen LogP contribution in [0.25, 0.3) is 0 Å². The summed E-state index contributed by atoms with van der Waals surface area (Å²) in [6.45, 7) is 0.584. The molecule has 0 aliphatic carbocycles. The van der Waals surface area contributed by atoms with Crippen LogP contribution in [0.15, 0.2) is 83.9 Å². The minimum Gasteiger partial charge on any atom is -0.497 e. The molecule has 0 bridgehead atoms. The van der Waals surface area contributed by atoms with Crippen molar-refractivity contribution in [3.8, 4) is 11.5 Å². The molecule has 3 rings (SSSR count). The van der Waals surface area contributed by atoms with Crippen LogP contribution >= 0.6 is 0 Å². The molecule has 148 valence electrons. The van der Waals surface area contributed by atoms with E-state index in [1.807, 2.05) is 78.9 Å². The van der Waals surface area contributed by atoms with Gasteiger partial charge >= 0.3 is 0 Å². The molecule has 0 saturated heterocycles. The van der Waals surface area contributed by atoms with E-state index in [9.17, 15) is 4.79 Å². The van der Waals surface area contributed by atoms with Gasteiger partial charge in [0.05, 0.1) is 12.8 Å². The number of aliphatic imine (C=N–C) groups is 1. The lowest BCUT2D eigenvalue weighted by atomic mass is 10.1. The molecular formula is C24H24N2O3. The maximum atomic E-state index is 11.9. The first kappa shape index (κ1) is 20.1. The summed E-state index contributed by atoms with van der Waals surface area (Å²) in [5, 5.41) is 2.87. The van der Waals surface area contributed by atoms with E-state index < -0.39 is 0 Å². The SMILES string of the molecule is COc1ccc(N=Cc2ccc(OCC(=O)NCCc3ccccc3)cc2)cc1. The number of benzene rings is 3. The molecule has 0 spiro atoms. The van der Waals surface area contributed by atoms with Crippen LogP contribution in [0.5, 0.6) is 11.5 Å². The molecule has 0 saturated carbocycles. The molecule has 0 aliphatic heterocycles. The summed E-state index contributed by atoms with van der Waals surface area (Å²) in [7, 11) is 1.64. The predicted octanol–water partition coefficient (Wildman–Crippen LogP) is 4.18. The average Bonchev–Trinajstić information content (AvgIpc) is 2.78. The van der Waals surface area contributed by atoms with Crippen molar-refractivity contribution in [2.75, 3.05) is 20.3 Å². The van der Waals surface area contributed by atoms with Crippen molar-refractivity contribution in [1.29, 1.82) is 0 Å². The fourth-order valence-corrected chi connectivity index (χ4v) is 2.66. The number of hydrogen-bond donors (Lipinski definition) is 1. The first-order valence-electron chi connectivity index (χ1n) is 9.44. The fourth-order valence-electron chi connectivity index (χ4n) is 2.66. The van der Waals surface area contributed by atoms with Gasteiger partial charge in [0.2, 0.25) is 0 Å². The summed E-state index contributed by atoms with van der Waals surface area (Å²) in [5.41, 5.74) is 2.99. The van der Waals surface area contributed by atoms with Crippen molar-refractivity contribution < 1.29 is 14.3 Å². The Kier molecular flexibility index (Phi) is 7.41. The number of hydrogen-bond acceptors (Lipinski definition) is 4. The summed E-state index contributed by atoms with van der Waals surface area (Å²) in [4.78, 5) is 16.3. The van der Waals surface area contributed by atoms with E-state index in [2.05, 4.69) is 10.3 Å². The van der Waals surface area contributed by atoms with Gasteiger partial charge in [0, 0.05) is 12.8 Å². The van der Waals surface area contributed by atoms with Gasteiger partial charge in [-0.2, -0.15) is 0 Å². The lowest BCUT2D eigenvalue weighted by Crippen LogP contribution is -2.30. The normalized spacial score (nSPS) is 10.7. The highest BCUT2D eigenvalue weighted by molar-refractivity contribution is 5.82. The van der Waals surface area contributed by atoms with E-state index in [1.165, 1.54) is 5.56 Å². The minimum atomic E-state index is -0.133. The summed E-state index contributed by atoms with van der Waals surface area (Å²) in [6.07, 6.45) is 2.58. The Labute approximate surface area is 171 Å². The molecule has 0 aromatic heterocycles. The molecule has 29 heavy (non-hydrogen) atoms. The maximum Gasteiger partial charge on any atom is 0.257 e. The van der Waals surface area contributed by atoms with E-state index >= 15 is 0 Å². The van der Waals surface area contributed by atoms with Crippen molar-refractivity contribution >= 4 is 17.8 Å². The number of nitrogens with zero attached hydrogens (tertiary/aromatic N) is 1. The minimum absolute atomic E-state index is 0.00588. The molecular weight excluding hydrogens is 364 g/mol. The summed E-state index contributed by atoms with van der Waals surface area (Å²) < 4.78 is 10.7. The Morgan fingerprint density at radius 1 is 0.931 bits per heavy atom. The molecule has 1 amide bonds. The third kappa shape index (κ3) is 6.81. The first-order valence-corrected chi connectivity index (χ1v) is 9.44. The van der Waals surface area contributed by atoms with Crippen LogP contribution in [0.3, 0.4) is 0 Å². The number of nitrogens with one attached hydrogen (secondary N) is 1. The lowest BCUT2D eigenvalue weighted by molar-refractivity contribution is -0.123. The highest BCUT2D eigenvalue weighted by Crippen LogP contribution is 2.18. The molecule has 0 unspecified atom stereocenters. The fraction of sp³-hybridized carbons (Fsp3) is 0.167. The highest BCUT2D eigenvalue weighted by Gasteiger charge is 2.02. The first-order chi connectivity index (χ1) is 14.2. The molecule has 0 atom stereocenters. The second-order valence-corrected chi connectivity index (χ2v) is 6.40. The predicted molar refractivity (Wildman–Crippen MR) is 115 cm³/mol. The van der Waals surface area contributed by atoms with Gasteiger partial charge in [-0.3, -0.25) is 9.79 Å². The number of rotatable bonds is 9. The van der Waals surface area contributed by atoms with Gasteiger partial charge in [-0.15, -0.1) is 0 Å². The monoisotopic (exact) mass is 388 g/mol. The van der Waals surface area contributed by atoms with Gasteiger partial charge in [-0.25, -0.2) is 0 Å². The quantitative estimate of drug-likeness (QED) is 0.559. The van der Waals surface area contributed by atoms with Gasteiger partial charge in [-0.05, 0) is 66.1 Å². The van der Waals surface area contributed by atoms with E-state index in [4.69, 9.17) is 9.47 Å². The van der Waals surface area contributed by atoms with Crippen LogP contribution in [0.2, 0.25) is 0 Å². The Bertz CT molecular complexity index is 921. The summed E-state index contributed by atoms with van der Waals surface area (Å²) in [6, 6.07) is 25.0. The zero-order valence-electron chi connectivity index (χ0n) is 16.4. The van der Waals surface area contributed by atoms with Crippen molar-refractivity contribution in [3.63, 3.8) is 0 Å². The third-order valence-electron chi connectivity index (χ3n) is 4.26. The summed E-state index contributed by atoms with van der Waals surface area (Å²) in [5.74, 6) is 1.31. The number of ether oxygens (including phenoxy) is 2. The largest absolute Gasteiger partial charge is 0.497 e. The molecule has 0 heterocycles. The van der Waals surface area contributed by atoms with Crippen molar-refractivity contribution in [1.82, 2.24) is 5.32 Å². The standard InChI is InChI=1S/C24H24N2O3/c1-28-22-13-9-21(10-14-22)26-17-20-7-11-23(12-8-20)29-18-24(27)25-16-15-19-5-3-2-4-6-19/h2-14,17H,15-16,18H2,1H3,(H,25,27). The van der Waals surface area contributed by atoms with E-state index in [1.54, 1.807) is 13.3 Å². The van der Waals surface area contributed by atoms with E-state index in [0.717, 1.165) is 23.4 Å².